The summed E-state index contributed by atoms with van der Waals surface area (Å²) in [6, 6.07) is 0.791. The van der Waals surface area contributed by atoms with Crippen LogP contribution < -0.4 is 0 Å². The zero-order valence-electron chi connectivity index (χ0n) is 11.9. The van der Waals surface area contributed by atoms with Gasteiger partial charge in [-0.2, -0.15) is 0 Å². The Bertz CT molecular complexity index is 235. The van der Waals surface area contributed by atoms with Crippen LogP contribution in [0.1, 0.15) is 58.8 Å². The molecule has 2 fully saturated rings. The zero-order chi connectivity index (χ0) is 12.3. The normalized spacial score (nSPS) is 31.8. The van der Waals surface area contributed by atoms with E-state index >= 15 is 0 Å². The van der Waals surface area contributed by atoms with Crippen molar-refractivity contribution in [1.29, 1.82) is 0 Å². The highest BCUT2D eigenvalue weighted by molar-refractivity contribution is 5.09. The molecule has 0 saturated heterocycles. The fourth-order valence-corrected chi connectivity index (χ4v) is 4.15. The number of rotatable bonds is 5. The molecular formula is C15H29NO. The third kappa shape index (κ3) is 2.39. The van der Waals surface area contributed by atoms with E-state index in [1.165, 1.54) is 51.5 Å². The number of hydrogen-bond acceptors (Lipinski definition) is 2. The average molecular weight is 239 g/mol. The highest BCUT2D eigenvalue weighted by Gasteiger charge is 2.56. The molecule has 2 atom stereocenters. The molecular weight excluding hydrogens is 210 g/mol. The maximum Gasteiger partial charge on any atom is 0.0661 e. The maximum atomic E-state index is 6.00. The topological polar surface area (TPSA) is 12.5 Å². The smallest absolute Gasteiger partial charge is 0.0661 e. The first-order valence-corrected chi connectivity index (χ1v) is 7.56. The van der Waals surface area contributed by atoms with Crippen molar-refractivity contribution in [3.8, 4) is 0 Å². The summed E-state index contributed by atoms with van der Waals surface area (Å²) in [4.78, 5) is 2.60. The largest absolute Gasteiger partial charge is 0.378 e. The molecule has 0 unspecified atom stereocenters. The Morgan fingerprint density at radius 1 is 1.18 bits per heavy atom. The molecule has 0 aromatic carbocycles. The molecule has 0 aromatic rings. The van der Waals surface area contributed by atoms with E-state index in [4.69, 9.17) is 4.74 Å². The fourth-order valence-electron chi connectivity index (χ4n) is 4.15. The Labute approximate surface area is 107 Å². The molecule has 0 bridgehead atoms. The second-order valence-corrected chi connectivity index (χ2v) is 5.97. The van der Waals surface area contributed by atoms with Crippen molar-refractivity contribution in [1.82, 2.24) is 4.90 Å². The van der Waals surface area contributed by atoms with Crippen molar-refractivity contribution >= 4 is 0 Å². The molecule has 0 N–H and O–H groups in total. The van der Waals surface area contributed by atoms with Gasteiger partial charge < -0.3 is 9.64 Å². The molecule has 2 heteroatoms. The Kier molecular flexibility index (Phi) is 4.48. The summed E-state index contributed by atoms with van der Waals surface area (Å²) in [5, 5.41) is 0. The predicted molar refractivity (Wildman–Crippen MR) is 72.3 cm³/mol. The van der Waals surface area contributed by atoms with Gasteiger partial charge in [0.25, 0.3) is 0 Å². The maximum absolute atomic E-state index is 6.00. The van der Waals surface area contributed by atoms with Crippen LogP contribution in [-0.4, -0.2) is 37.2 Å². The van der Waals surface area contributed by atoms with Gasteiger partial charge in [-0.3, -0.25) is 0 Å². The second kappa shape index (κ2) is 5.71. The minimum atomic E-state index is 0.512. The van der Waals surface area contributed by atoms with Crippen molar-refractivity contribution in [2.24, 2.45) is 5.41 Å². The molecule has 17 heavy (non-hydrogen) atoms. The summed E-state index contributed by atoms with van der Waals surface area (Å²) < 4.78 is 6.00. The molecule has 0 amide bonds. The first-order chi connectivity index (χ1) is 8.24. The molecule has 0 aromatic heterocycles. The van der Waals surface area contributed by atoms with Crippen LogP contribution in [0.5, 0.6) is 0 Å². The van der Waals surface area contributed by atoms with Gasteiger partial charge in [0.05, 0.1) is 6.10 Å². The molecule has 2 saturated carbocycles. The summed E-state index contributed by atoms with van der Waals surface area (Å²) in [5.41, 5.74) is 0.512. The monoisotopic (exact) mass is 239 g/mol. The van der Waals surface area contributed by atoms with Gasteiger partial charge in [0.15, 0.2) is 0 Å². The van der Waals surface area contributed by atoms with E-state index in [0.717, 1.165) is 12.6 Å². The highest BCUT2D eigenvalue weighted by atomic mass is 16.5. The standard InChI is InChI=1S/C15H29NO/c1-4-11-16(3)13-12-14(17-5-2)15(13)9-7-6-8-10-15/h13-14H,4-12H2,1-3H3/t13-,14+/m1/s1. The zero-order valence-corrected chi connectivity index (χ0v) is 11.9. The van der Waals surface area contributed by atoms with Crippen LogP contribution in [0.25, 0.3) is 0 Å². The molecule has 2 rings (SSSR count). The van der Waals surface area contributed by atoms with Gasteiger partial charge in [-0.25, -0.2) is 0 Å². The Morgan fingerprint density at radius 3 is 2.47 bits per heavy atom. The van der Waals surface area contributed by atoms with Gasteiger partial charge in [-0.15, -0.1) is 0 Å². The summed E-state index contributed by atoms with van der Waals surface area (Å²) in [6.45, 7) is 6.55. The number of hydrogen-bond donors (Lipinski definition) is 0. The van der Waals surface area contributed by atoms with E-state index in [-0.39, 0.29) is 0 Å². The van der Waals surface area contributed by atoms with Gasteiger partial charge in [-0.05, 0) is 46.2 Å². The second-order valence-electron chi connectivity index (χ2n) is 5.97. The fraction of sp³-hybridized carbons (Fsp3) is 1.00. The minimum Gasteiger partial charge on any atom is -0.378 e. The molecule has 1 spiro atoms. The summed E-state index contributed by atoms with van der Waals surface area (Å²) in [6.07, 6.45) is 10.2. The summed E-state index contributed by atoms with van der Waals surface area (Å²) >= 11 is 0. The van der Waals surface area contributed by atoms with Gasteiger partial charge in [0.2, 0.25) is 0 Å². The van der Waals surface area contributed by atoms with E-state index in [1.807, 2.05) is 0 Å². The third-order valence-corrected chi connectivity index (χ3v) is 5.00. The summed E-state index contributed by atoms with van der Waals surface area (Å²) in [5.74, 6) is 0. The quantitative estimate of drug-likeness (QED) is 0.728. The van der Waals surface area contributed by atoms with Crippen LogP contribution in [0, 0.1) is 5.41 Å². The van der Waals surface area contributed by atoms with Crippen LogP contribution in [0.15, 0.2) is 0 Å². The van der Waals surface area contributed by atoms with Crippen LogP contribution in [0.3, 0.4) is 0 Å². The van der Waals surface area contributed by atoms with Crippen LogP contribution in [-0.2, 0) is 4.74 Å². The summed E-state index contributed by atoms with van der Waals surface area (Å²) in [7, 11) is 2.31. The highest BCUT2D eigenvalue weighted by Crippen LogP contribution is 2.55. The van der Waals surface area contributed by atoms with Gasteiger partial charge in [-0.1, -0.05) is 26.2 Å². The van der Waals surface area contributed by atoms with Crippen molar-refractivity contribution in [3.05, 3.63) is 0 Å². The van der Waals surface area contributed by atoms with Crippen molar-refractivity contribution in [2.75, 3.05) is 20.2 Å². The van der Waals surface area contributed by atoms with Crippen LogP contribution >= 0.6 is 0 Å². The Hall–Kier alpha value is -0.0800. The molecule has 0 heterocycles. The lowest BCUT2D eigenvalue weighted by Crippen LogP contribution is -2.64. The predicted octanol–water partition coefficient (Wildman–Crippen LogP) is 3.46. The van der Waals surface area contributed by atoms with Crippen molar-refractivity contribution < 1.29 is 4.74 Å². The van der Waals surface area contributed by atoms with E-state index in [9.17, 15) is 0 Å². The molecule has 0 aliphatic heterocycles. The lowest BCUT2D eigenvalue weighted by atomic mass is 9.54. The van der Waals surface area contributed by atoms with Crippen molar-refractivity contribution in [3.63, 3.8) is 0 Å². The van der Waals surface area contributed by atoms with Crippen LogP contribution in [0.4, 0.5) is 0 Å². The Morgan fingerprint density at radius 2 is 1.88 bits per heavy atom. The molecule has 0 radical (unpaired) electrons. The molecule has 2 aliphatic carbocycles. The van der Waals surface area contributed by atoms with E-state index in [0.29, 0.717) is 11.5 Å². The average Bonchev–Trinajstić information content (AvgIpc) is 2.35. The lowest BCUT2D eigenvalue weighted by molar-refractivity contribution is -0.178. The molecule has 2 nitrogen and oxygen atoms in total. The van der Waals surface area contributed by atoms with Gasteiger partial charge in [0.1, 0.15) is 0 Å². The molecule has 2 aliphatic rings. The lowest BCUT2D eigenvalue weighted by Gasteiger charge is -2.60. The van der Waals surface area contributed by atoms with E-state index < -0.39 is 0 Å². The minimum absolute atomic E-state index is 0.512. The first-order valence-electron chi connectivity index (χ1n) is 7.56. The Balaban J connectivity index is 2.02. The number of nitrogens with zero attached hydrogens (tertiary/aromatic N) is 1. The van der Waals surface area contributed by atoms with Gasteiger partial charge in [0, 0.05) is 18.1 Å². The van der Waals surface area contributed by atoms with E-state index in [2.05, 4.69) is 25.8 Å². The van der Waals surface area contributed by atoms with Crippen LogP contribution in [0.2, 0.25) is 0 Å². The third-order valence-electron chi connectivity index (χ3n) is 5.00. The SMILES string of the molecule is CCCN(C)[C@@H]1C[C@H](OCC)C12CCCCC2. The first kappa shape index (κ1) is 13.4. The number of ether oxygens (including phenoxy) is 1. The van der Waals surface area contributed by atoms with Crippen molar-refractivity contribution in [2.45, 2.75) is 70.9 Å². The molecule has 100 valence electrons. The van der Waals surface area contributed by atoms with E-state index in [1.54, 1.807) is 0 Å². The van der Waals surface area contributed by atoms with Gasteiger partial charge >= 0.3 is 0 Å².